The molecule has 1 unspecified atom stereocenters. The summed E-state index contributed by atoms with van der Waals surface area (Å²) in [5.74, 6) is 0. The van der Waals surface area contributed by atoms with Crippen LogP contribution in [0.3, 0.4) is 0 Å². The van der Waals surface area contributed by atoms with Crippen LogP contribution in [0.15, 0.2) is 33.6 Å². The molecule has 5 heteroatoms. The summed E-state index contributed by atoms with van der Waals surface area (Å²) in [6.45, 7) is 0. The first kappa shape index (κ1) is 11.8. The van der Waals surface area contributed by atoms with Gasteiger partial charge in [0.25, 0.3) is 0 Å². The van der Waals surface area contributed by atoms with Crippen LogP contribution in [0.25, 0.3) is 0 Å². The molecule has 0 aliphatic rings. The van der Waals surface area contributed by atoms with E-state index < -0.39 is 11.1 Å². The minimum Gasteiger partial charge on any atom is -0.302 e. The Morgan fingerprint density at radius 3 is 2.09 bits per heavy atom. The van der Waals surface area contributed by atoms with Crippen LogP contribution in [-0.4, -0.2) is 8.76 Å². The van der Waals surface area contributed by atoms with Gasteiger partial charge in [-0.15, -0.1) is 0 Å². The van der Waals surface area contributed by atoms with Crippen LogP contribution in [0.4, 0.5) is 0 Å². The van der Waals surface area contributed by atoms with E-state index in [-0.39, 0.29) is 29.6 Å². The maximum atomic E-state index is 10.4. The summed E-state index contributed by atoms with van der Waals surface area (Å²) in [4.78, 5) is 0.420. The van der Waals surface area contributed by atoms with Crippen molar-refractivity contribution in [3.05, 3.63) is 28.7 Å². The molecular weight excluding hydrogens is 239 g/mol. The maximum Gasteiger partial charge on any atom is 1.00 e. The first-order valence-corrected chi connectivity index (χ1v) is 4.46. The van der Waals surface area contributed by atoms with Crippen molar-refractivity contribution in [3.8, 4) is 0 Å². The molecule has 1 aromatic rings. The van der Waals surface area contributed by atoms with Gasteiger partial charge in [-0.3, -0.25) is 0 Å². The average Bonchev–Trinajstić information content (AvgIpc) is 1.88. The molecule has 0 spiro atoms. The fraction of sp³-hybridized carbons (Fsp3) is 0. The van der Waals surface area contributed by atoms with E-state index in [1.807, 2.05) is 0 Å². The van der Waals surface area contributed by atoms with Crippen molar-refractivity contribution >= 4 is 27.0 Å². The van der Waals surface area contributed by atoms with Crippen molar-refractivity contribution in [2.45, 2.75) is 4.90 Å². The van der Waals surface area contributed by atoms with Crippen molar-refractivity contribution in [1.82, 2.24) is 0 Å². The fourth-order valence-corrected chi connectivity index (χ4v) is 1.18. The molecule has 1 atom stereocenters. The summed E-state index contributed by atoms with van der Waals surface area (Å²) >= 11 is 1.36. The second-order valence-electron chi connectivity index (χ2n) is 1.70. The Kier molecular flexibility index (Phi) is 5.86. The molecule has 1 aromatic carbocycles. The van der Waals surface area contributed by atoms with Gasteiger partial charge in [-0.25, -0.2) is 4.21 Å². The monoisotopic (exact) mass is 243 g/mol. The zero-order valence-electron chi connectivity index (χ0n) is 5.95. The average molecular weight is 244 g/mol. The largest absolute Gasteiger partial charge is 1.00 e. The molecule has 0 saturated carbocycles. The number of halogens is 1. The zero-order valence-corrected chi connectivity index (χ0v) is 10.4. The molecule has 54 valence electrons. The van der Waals surface area contributed by atoms with E-state index in [9.17, 15) is 4.21 Å². The van der Waals surface area contributed by atoms with Gasteiger partial charge in [0.15, 0.2) is 11.1 Å². The minimum absolute atomic E-state index is 0. The van der Waals surface area contributed by atoms with E-state index in [1.54, 1.807) is 24.3 Å². The molecule has 0 fully saturated rings. The number of rotatable bonds is 1. The van der Waals surface area contributed by atoms with Crippen molar-refractivity contribution < 1.29 is 38.3 Å². The summed E-state index contributed by atoms with van der Waals surface area (Å²) in [5.41, 5.74) is 0. The van der Waals surface area contributed by atoms with Gasteiger partial charge in [0.1, 0.15) is 0 Å². The van der Waals surface area contributed by atoms with Crippen molar-refractivity contribution in [1.29, 1.82) is 0 Å². The van der Waals surface area contributed by atoms with E-state index in [4.69, 9.17) is 4.55 Å². The quantitative estimate of drug-likeness (QED) is 0.510. The molecule has 0 saturated heterocycles. The first-order valence-electron chi connectivity index (χ1n) is 2.56. The second kappa shape index (κ2) is 5.45. The summed E-state index contributed by atoms with van der Waals surface area (Å²) in [5, 5.41) is 0. The first-order chi connectivity index (χ1) is 4.70. The van der Waals surface area contributed by atoms with E-state index in [0.717, 1.165) is 4.47 Å². The van der Waals surface area contributed by atoms with Gasteiger partial charge in [-0.2, -0.15) is 0 Å². The third-order valence-electron chi connectivity index (χ3n) is 1.02. The van der Waals surface area contributed by atoms with Gasteiger partial charge in [-0.05, 0) is 24.3 Å². The molecule has 1 N–H and O–H groups in total. The van der Waals surface area contributed by atoms with Gasteiger partial charge in [0.05, 0.1) is 4.90 Å². The zero-order chi connectivity index (χ0) is 7.56. The summed E-state index contributed by atoms with van der Waals surface area (Å²) < 4.78 is 19.9. The van der Waals surface area contributed by atoms with E-state index in [0.29, 0.717) is 4.90 Å². The Balaban J connectivity index is 0.000001000. The second-order valence-corrected chi connectivity index (χ2v) is 3.59. The topological polar surface area (TPSA) is 37.3 Å². The summed E-state index contributed by atoms with van der Waals surface area (Å²) in [7, 11) is 0. The van der Waals surface area contributed by atoms with Gasteiger partial charge >= 0.3 is 29.6 Å². The minimum atomic E-state index is -1.86. The third kappa shape index (κ3) is 3.83. The van der Waals surface area contributed by atoms with E-state index >= 15 is 0 Å². The van der Waals surface area contributed by atoms with Crippen molar-refractivity contribution in [2.24, 2.45) is 0 Å². The SMILES string of the molecule is O=S(O)c1ccc(Br)cc1.[Na+]. The maximum absolute atomic E-state index is 10.4. The van der Waals surface area contributed by atoms with Gasteiger partial charge in [-0.1, -0.05) is 15.9 Å². The van der Waals surface area contributed by atoms with Crippen LogP contribution < -0.4 is 29.6 Å². The molecule has 2 nitrogen and oxygen atoms in total. The Hall–Kier alpha value is 0.810. The Labute approximate surface area is 98.1 Å². The van der Waals surface area contributed by atoms with Crippen LogP contribution in [0.2, 0.25) is 0 Å². The van der Waals surface area contributed by atoms with E-state index in [1.165, 1.54) is 0 Å². The molecule has 0 aromatic heterocycles. The van der Waals surface area contributed by atoms with Crippen LogP contribution >= 0.6 is 15.9 Å². The van der Waals surface area contributed by atoms with Crippen LogP contribution in [0, 0.1) is 0 Å². The van der Waals surface area contributed by atoms with Crippen LogP contribution in [0.5, 0.6) is 0 Å². The smallest absolute Gasteiger partial charge is 0.302 e. The van der Waals surface area contributed by atoms with Gasteiger partial charge in [0, 0.05) is 4.47 Å². The summed E-state index contributed by atoms with van der Waals surface area (Å²) in [6, 6.07) is 6.65. The molecule has 0 amide bonds. The standard InChI is InChI=1S/C6H5BrO2S.Na/c7-5-1-3-6(4-2-5)10(8)9;/h1-4H,(H,8,9);/q;+1. The molecule has 0 bridgehead atoms. The van der Waals surface area contributed by atoms with Gasteiger partial charge < -0.3 is 4.55 Å². The van der Waals surface area contributed by atoms with Gasteiger partial charge in [0.2, 0.25) is 0 Å². The Morgan fingerprint density at radius 1 is 1.27 bits per heavy atom. The van der Waals surface area contributed by atoms with Crippen molar-refractivity contribution in [2.75, 3.05) is 0 Å². The molecule has 0 radical (unpaired) electrons. The number of benzene rings is 1. The van der Waals surface area contributed by atoms with Crippen LogP contribution in [0.1, 0.15) is 0 Å². The molecule has 0 aliphatic carbocycles. The fourth-order valence-electron chi connectivity index (χ4n) is 0.551. The number of hydrogen-bond acceptors (Lipinski definition) is 1. The Bertz CT molecular complexity index is 249. The summed E-state index contributed by atoms with van der Waals surface area (Å²) in [6.07, 6.45) is 0. The molecule has 1 rings (SSSR count). The molecule has 0 heterocycles. The predicted molar refractivity (Wildman–Crippen MR) is 43.2 cm³/mol. The third-order valence-corrected chi connectivity index (χ3v) is 2.22. The van der Waals surface area contributed by atoms with E-state index in [2.05, 4.69) is 15.9 Å². The molecule has 11 heavy (non-hydrogen) atoms. The molecular formula is C6H5BrNaO2S+. The van der Waals surface area contributed by atoms with Crippen molar-refractivity contribution in [3.63, 3.8) is 0 Å². The van der Waals surface area contributed by atoms with Crippen LogP contribution in [-0.2, 0) is 11.1 Å². The number of hydrogen-bond donors (Lipinski definition) is 1. The predicted octanol–water partition coefficient (Wildman–Crippen LogP) is -0.966. The Morgan fingerprint density at radius 2 is 1.73 bits per heavy atom. The normalized spacial score (nSPS) is 11.8. The molecule has 0 aliphatic heterocycles.